The maximum atomic E-state index is 11.8. The van der Waals surface area contributed by atoms with Crippen molar-refractivity contribution < 1.29 is 14.3 Å². The van der Waals surface area contributed by atoms with E-state index in [2.05, 4.69) is 21.2 Å². The molecule has 1 aromatic rings. The largest absolute Gasteiger partial charge is 0.480 e. The average molecular weight is 345 g/mol. The van der Waals surface area contributed by atoms with Gasteiger partial charge in [-0.05, 0) is 53.5 Å². The van der Waals surface area contributed by atoms with Gasteiger partial charge in [0, 0.05) is 13.7 Å². The molecule has 5 nitrogen and oxygen atoms in total. The molecule has 0 aliphatic carbocycles. The van der Waals surface area contributed by atoms with E-state index in [1.54, 1.807) is 14.0 Å². The number of halogens is 1. The number of benzene rings is 1. The molecule has 1 rings (SSSR count). The highest BCUT2D eigenvalue weighted by Crippen LogP contribution is 2.27. The summed E-state index contributed by atoms with van der Waals surface area (Å²) >= 11 is 3.44. The number of amides is 1. The van der Waals surface area contributed by atoms with Crippen LogP contribution in [0.3, 0.4) is 0 Å². The van der Waals surface area contributed by atoms with Gasteiger partial charge in [-0.3, -0.25) is 4.79 Å². The first-order valence-corrected chi connectivity index (χ1v) is 7.29. The molecule has 0 heterocycles. The summed E-state index contributed by atoms with van der Waals surface area (Å²) in [5.41, 5.74) is 6.65. The molecule has 0 aliphatic rings. The lowest BCUT2D eigenvalue weighted by molar-refractivity contribution is -0.127. The smallest absolute Gasteiger partial charge is 0.260 e. The van der Waals surface area contributed by atoms with Gasteiger partial charge in [0.15, 0.2) is 6.10 Å². The van der Waals surface area contributed by atoms with E-state index in [1.807, 2.05) is 18.2 Å². The van der Waals surface area contributed by atoms with E-state index in [9.17, 15) is 4.79 Å². The van der Waals surface area contributed by atoms with Crippen molar-refractivity contribution in [3.05, 3.63) is 28.2 Å². The molecular formula is C14H21BrN2O3. The highest BCUT2D eigenvalue weighted by Gasteiger charge is 2.15. The quantitative estimate of drug-likeness (QED) is 0.700. The zero-order valence-corrected chi connectivity index (χ0v) is 13.4. The van der Waals surface area contributed by atoms with E-state index in [4.69, 9.17) is 15.2 Å². The van der Waals surface area contributed by atoms with Gasteiger partial charge in [-0.1, -0.05) is 6.07 Å². The van der Waals surface area contributed by atoms with Gasteiger partial charge in [-0.15, -0.1) is 0 Å². The second kappa shape index (κ2) is 8.94. The van der Waals surface area contributed by atoms with Crippen LogP contribution in [0.5, 0.6) is 5.75 Å². The fourth-order valence-electron chi connectivity index (χ4n) is 1.63. The number of carbonyl (C=O) groups is 1. The molecule has 0 radical (unpaired) electrons. The summed E-state index contributed by atoms with van der Waals surface area (Å²) in [4.78, 5) is 11.8. The zero-order valence-electron chi connectivity index (χ0n) is 11.8. The molecule has 6 heteroatoms. The zero-order chi connectivity index (χ0) is 15.0. The van der Waals surface area contributed by atoms with Crippen molar-refractivity contribution in [2.45, 2.75) is 19.4 Å². The van der Waals surface area contributed by atoms with Crippen LogP contribution in [-0.4, -0.2) is 38.8 Å². The average Bonchev–Trinajstić information content (AvgIpc) is 2.42. The lowest BCUT2D eigenvalue weighted by Gasteiger charge is -2.16. The number of hydrogen-bond acceptors (Lipinski definition) is 4. The van der Waals surface area contributed by atoms with Gasteiger partial charge in [0.05, 0.1) is 11.1 Å². The third kappa shape index (κ3) is 5.48. The lowest BCUT2D eigenvalue weighted by Crippen LogP contribution is -2.38. The Kier molecular flexibility index (Phi) is 7.58. The van der Waals surface area contributed by atoms with Crippen LogP contribution >= 0.6 is 15.9 Å². The Morgan fingerprint density at radius 3 is 2.85 bits per heavy atom. The van der Waals surface area contributed by atoms with Gasteiger partial charge < -0.3 is 20.5 Å². The molecule has 20 heavy (non-hydrogen) atoms. The Morgan fingerprint density at radius 1 is 1.50 bits per heavy atom. The van der Waals surface area contributed by atoms with Gasteiger partial charge in [0.1, 0.15) is 5.75 Å². The molecule has 1 unspecified atom stereocenters. The van der Waals surface area contributed by atoms with Crippen molar-refractivity contribution in [2.75, 3.05) is 26.8 Å². The van der Waals surface area contributed by atoms with E-state index in [-0.39, 0.29) is 5.91 Å². The van der Waals surface area contributed by atoms with Crippen molar-refractivity contribution in [3.8, 4) is 5.75 Å². The SMILES string of the molecule is COCCNC(=O)C(C)Oc1ccc(CCN)cc1Br. The normalized spacial score (nSPS) is 12.0. The van der Waals surface area contributed by atoms with Crippen LogP contribution in [0.2, 0.25) is 0 Å². The van der Waals surface area contributed by atoms with E-state index >= 15 is 0 Å². The minimum Gasteiger partial charge on any atom is -0.480 e. The van der Waals surface area contributed by atoms with Gasteiger partial charge in [-0.25, -0.2) is 0 Å². The van der Waals surface area contributed by atoms with E-state index in [0.717, 1.165) is 16.5 Å². The monoisotopic (exact) mass is 344 g/mol. The summed E-state index contributed by atoms with van der Waals surface area (Å²) in [6, 6.07) is 5.74. The Bertz CT molecular complexity index is 440. The van der Waals surface area contributed by atoms with E-state index < -0.39 is 6.10 Å². The molecule has 1 atom stereocenters. The fourth-order valence-corrected chi connectivity index (χ4v) is 2.15. The molecule has 1 amide bonds. The Hall–Kier alpha value is -1.11. The number of rotatable bonds is 8. The summed E-state index contributed by atoms with van der Waals surface area (Å²) in [5, 5.41) is 2.73. The van der Waals surface area contributed by atoms with Crippen molar-refractivity contribution >= 4 is 21.8 Å². The molecular weight excluding hydrogens is 324 g/mol. The summed E-state index contributed by atoms with van der Waals surface area (Å²) in [5.74, 6) is 0.472. The number of nitrogens with one attached hydrogen (secondary N) is 1. The van der Waals surface area contributed by atoms with Gasteiger partial charge in [0.25, 0.3) is 5.91 Å². The van der Waals surface area contributed by atoms with Gasteiger partial charge in [0.2, 0.25) is 0 Å². The van der Waals surface area contributed by atoms with Crippen molar-refractivity contribution in [1.82, 2.24) is 5.32 Å². The third-order valence-corrected chi connectivity index (χ3v) is 3.33. The molecule has 0 spiro atoms. The van der Waals surface area contributed by atoms with Crippen molar-refractivity contribution in [2.24, 2.45) is 5.73 Å². The predicted molar refractivity (Wildman–Crippen MR) is 81.9 cm³/mol. The van der Waals surface area contributed by atoms with Crippen LogP contribution in [0.15, 0.2) is 22.7 Å². The van der Waals surface area contributed by atoms with Crippen LogP contribution in [0, 0.1) is 0 Å². The van der Waals surface area contributed by atoms with E-state index in [0.29, 0.717) is 25.4 Å². The van der Waals surface area contributed by atoms with Crippen LogP contribution in [0.4, 0.5) is 0 Å². The molecule has 0 saturated carbocycles. The highest BCUT2D eigenvalue weighted by atomic mass is 79.9. The number of methoxy groups -OCH3 is 1. The highest BCUT2D eigenvalue weighted by molar-refractivity contribution is 9.10. The molecule has 0 bridgehead atoms. The predicted octanol–water partition coefficient (Wildman–Crippen LogP) is 1.48. The molecule has 112 valence electrons. The number of nitrogens with two attached hydrogens (primary N) is 1. The van der Waals surface area contributed by atoms with Crippen LogP contribution in [0.25, 0.3) is 0 Å². The van der Waals surface area contributed by atoms with Crippen LogP contribution in [-0.2, 0) is 16.0 Å². The second-order valence-corrected chi connectivity index (χ2v) is 5.20. The number of carbonyl (C=O) groups excluding carboxylic acids is 1. The molecule has 0 aliphatic heterocycles. The fraction of sp³-hybridized carbons (Fsp3) is 0.500. The summed E-state index contributed by atoms with van der Waals surface area (Å²) in [6.45, 7) is 3.27. The maximum absolute atomic E-state index is 11.8. The molecule has 0 fully saturated rings. The maximum Gasteiger partial charge on any atom is 0.260 e. The Labute approximate surface area is 127 Å². The summed E-state index contributed by atoms with van der Waals surface area (Å²) in [7, 11) is 1.59. The van der Waals surface area contributed by atoms with Crippen molar-refractivity contribution in [1.29, 1.82) is 0 Å². The molecule has 3 N–H and O–H groups in total. The third-order valence-electron chi connectivity index (χ3n) is 2.71. The standard InChI is InChI=1S/C14H21BrN2O3/c1-10(14(18)17-7-8-19-2)20-13-4-3-11(5-6-16)9-12(13)15/h3-4,9-10H,5-8,16H2,1-2H3,(H,17,18). The molecule has 0 aromatic heterocycles. The number of ether oxygens (including phenoxy) is 2. The Balaban J connectivity index is 2.56. The Morgan fingerprint density at radius 2 is 2.25 bits per heavy atom. The summed E-state index contributed by atoms with van der Waals surface area (Å²) in [6.07, 6.45) is 0.245. The lowest BCUT2D eigenvalue weighted by atomic mass is 10.1. The van der Waals surface area contributed by atoms with Crippen LogP contribution < -0.4 is 15.8 Å². The number of hydrogen-bond donors (Lipinski definition) is 2. The first kappa shape index (κ1) is 16.9. The van der Waals surface area contributed by atoms with E-state index in [1.165, 1.54) is 0 Å². The first-order valence-electron chi connectivity index (χ1n) is 6.50. The van der Waals surface area contributed by atoms with Gasteiger partial charge >= 0.3 is 0 Å². The topological polar surface area (TPSA) is 73.6 Å². The van der Waals surface area contributed by atoms with Crippen molar-refractivity contribution in [3.63, 3.8) is 0 Å². The second-order valence-electron chi connectivity index (χ2n) is 4.35. The minimum absolute atomic E-state index is 0.167. The van der Waals surface area contributed by atoms with Gasteiger partial charge in [-0.2, -0.15) is 0 Å². The first-order chi connectivity index (χ1) is 9.58. The molecule has 1 aromatic carbocycles. The minimum atomic E-state index is -0.566. The van der Waals surface area contributed by atoms with Crippen LogP contribution in [0.1, 0.15) is 12.5 Å². The summed E-state index contributed by atoms with van der Waals surface area (Å²) < 4.78 is 11.3. The molecule has 0 saturated heterocycles.